The molecule has 90 valence electrons. The van der Waals surface area contributed by atoms with Gasteiger partial charge in [0.2, 0.25) is 0 Å². The van der Waals surface area contributed by atoms with Crippen LogP contribution in [-0.2, 0) is 6.18 Å². The zero-order valence-electron chi connectivity index (χ0n) is 8.61. The molecule has 0 saturated carbocycles. The van der Waals surface area contributed by atoms with Crippen molar-refractivity contribution in [2.24, 2.45) is 0 Å². The summed E-state index contributed by atoms with van der Waals surface area (Å²) in [5.74, 6) is 0. The van der Waals surface area contributed by atoms with Crippen LogP contribution in [0.5, 0.6) is 0 Å². The van der Waals surface area contributed by atoms with Crippen molar-refractivity contribution in [1.82, 2.24) is 0 Å². The second-order valence-corrected chi connectivity index (χ2v) is 3.58. The minimum atomic E-state index is -4.36. The monoisotopic (exact) mass is 242 g/mol. The van der Waals surface area contributed by atoms with Gasteiger partial charge in [-0.2, -0.15) is 13.2 Å². The zero-order valence-corrected chi connectivity index (χ0v) is 8.61. The summed E-state index contributed by atoms with van der Waals surface area (Å²) in [4.78, 5) is 0. The van der Waals surface area contributed by atoms with Gasteiger partial charge in [0.15, 0.2) is 0 Å². The van der Waals surface area contributed by atoms with E-state index in [0.29, 0.717) is 11.1 Å². The fourth-order valence-electron chi connectivity index (χ4n) is 1.48. The molecule has 0 fully saturated rings. The molecule has 1 N–H and O–H groups in total. The van der Waals surface area contributed by atoms with Crippen LogP contribution in [-0.4, -0.2) is 5.11 Å². The highest BCUT2D eigenvalue weighted by Crippen LogP contribution is 2.30. The molecule has 1 aromatic carbocycles. The Hall–Kier alpha value is -1.75. The lowest BCUT2D eigenvalue weighted by Gasteiger charge is -2.11. The third-order valence-electron chi connectivity index (χ3n) is 2.41. The van der Waals surface area contributed by atoms with Gasteiger partial charge in [-0.3, -0.25) is 0 Å². The molecule has 0 radical (unpaired) electrons. The van der Waals surface area contributed by atoms with Crippen molar-refractivity contribution in [1.29, 1.82) is 0 Å². The SMILES string of the molecule is OC(c1ccc(C(F)(F)F)cc1)c1ccoc1. The molecule has 0 aliphatic heterocycles. The molecule has 1 unspecified atom stereocenters. The van der Waals surface area contributed by atoms with Crippen molar-refractivity contribution in [2.45, 2.75) is 12.3 Å². The van der Waals surface area contributed by atoms with Crippen LogP contribution in [0.15, 0.2) is 47.3 Å². The summed E-state index contributed by atoms with van der Waals surface area (Å²) in [6, 6.07) is 5.95. The van der Waals surface area contributed by atoms with Gasteiger partial charge in [-0.1, -0.05) is 12.1 Å². The van der Waals surface area contributed by atoms with Crippen LogP contribution in [0.2, 0.25) is 0 Å². The Labute approximate surface area is 95.3 Å². The van der Waals surface area contributed by atoms with Crippen LogP contribution in [0, 0.1) is 0 Å². The maximum absolute atomic E-state index is 12.3. The van der Waals surface area contributed by atoms with Crippen LogP contribution < -0.4 is 0 Å². The van der Waals surface area contributed by atoms with Gasteiger partial charge < -0.3 is 9.52 Å². The number of hydrogen-bond acceptors (Lipinski definition) is 2. The number of benzene rings is 1. The topological polar surface area (TPSA) is 33.4 Å². The van der Waals surface area contributed by atoms with Crippen LogP contribution in [0.1, 0.15) is 22.8 Å². The van der Waals surface area contributed by atoms with E-state index in [1.54, 1.807) is 6.07 Å². The molecular formula is C12H9F3O2. The fourth-order valence-corrected chi connectivity index (χ4v) is 1.48. The summed E-state index contributed by atoms with van der Waals surface area (Å²) in [5, 5.41) is 9.83. The van der Waals surface area contributed by atoms with E-state index in [4.69, 9.17) is 4.42 Å². The highest BCUT2D eigenvalue weighted by atomic mass is 19.4. The largest absolute Gasteiger partial charge is 0.472 e. The Kier molecular flexibility index (Phi) is 2.93. The maximum Gasteiger partial charge on any atom is 0.416 e. The van der Waals surface area contributed by atoms with Gasteiger partial charge in [-0.25, -0.2) is 0 Å². The van der Waals surface area contributed by atoms with Gasteiger partial charge >= 0.3 is 6.18 Å². The molecule has 2 aromatic rings. The summed E-state index contributed by atoms with van der Waals surface area (Å²) in [6.07, 6.45) is -2.60. The van der Waals surface area contributed by atoms with Crippen molar-refractivity contribution in [2.75, 3.05) is 0 Å². The van der Waals surface area contributed by atoms with Crippen molar-refractivity contribution < 1.29 is 22.7 Å². The Bertz CT molecular complexity index is 471. The number of alkyl halides is 3. The van der Waals surface area contributed by atoms with Gasteiger partial charge in [-0.15, -0.1) is 0 Å². The Balaban J connectivity index is 2.24. The Morgan fingerprint density at radius 3 is 2.12 bits per heavy atom. The molecule has 1 atom stereocenters. The van der Waals surface area contributed by atoms with Crippen molar-refractivity contribution >= 4 is 0 Å². The molecule has 1 heterocycles. The minimum absolute atomic E-state index is 0.388. The zero-order chi connectivity index (χ0) is 12.5. The molecule has 2 nitrogen and oxygen atoms in total. The molecule has 5 heteroatoms. The number of rotatable bonds is 2. The third kappa shape index (κ3) is 2.50. The number of halogens is 3. The predicted molar refractivity (Wildman–Crippen MR) is 54.2 cm³/mol. The summed E-state index contributed by atoms with van der Waals surface area (Å²) in [5.41, 5.74) is 0.157. The molecule has 0 aliphatic carbocycles. The molecule has 1 aromatic heterocycles. The minimum Gasteiger partial charge on any atom is -0.472 e. The molecule has 0 bridgehead atoms. The molecule has 0 spiro atoms. The van der Waals surface area contributed by atoms with Crippen LogP contribution in [0.4, 0.5) is 13.2 Å². The van der Waals surface area contributed by atoms with Gasteiger partial charge in [0.1, 0.15) is 6.10 Å². The molecule has 17 heavy (non-hydrogen) atoms. The van der Waals surface area contributed by atoms with Gasteiger partial charge in [0, 0.05) is 5.56 Å². The number of furan rings is 1. The van der Waals surface area contributed by atoms with Crippen molar-refractivity contribution in [3.63, 3.8) is 0 Å². The first-order chi connectivity index (χ1) is 7.98. The highest BCUT2D eigenvalue weighted by Gasteiger charge is 2.30. The van der Waals surface area contributed by atoms with E-state index in [2.05, 4.69) is 0 Å². The maximum atomic E-state index is 12.3. The molecule has 2 rings (SSSR count). The number of aliphatic hydroxyl groups excluding tert-OH is 1. The van der Waals surface area contributed by atoms with E-state index < -0.39 is 17.8 Å². The second kappa shape index (κ2) is 4.25. The van der Waals surface area contributed by atoms with E-state index >= 15 is 0 Å². The van der Waals surface area contributed by atoms with Gasteiger partial charge in [0.25, 0.3) is 0 Å². The number of aliphatic hydroxyl groups is 1. The Morgan fingerprint density at radius 1 is 1.00 bits per heavy atom. The summed E-state index contributed by atoms with van der Waals surface area (Å²) >= 11 is 0. The molecular weight excluding hydrogens is 233 g/mol. The second-order valence-electron chi connectivity index (χ2n) is 3.58. The first-order valence-corrected chi connectivity index (χ1v) is 4.86. The van der Waals surface area contributed by atoms with Gasteiger partial charge in [0.05, 0.1) is 18.1 Å². The lowest BCUT2D eigenvalue weighted by molar-refractivity contribution is -0.137. The van der Waals surface area contributed by atoms with Crippen molar-refractivity contribution in [3.05, 3.63) is 59.5 Å². The molecule has 0 aliphatic rings. The van der Waals surface area contributed by atoms with E-state index in [1.807, 2.05) is 0 Å². The summed E-state index contributed by atoms with van der Waals surface area (Å²) in [7, 11) is 0. The average Bonchev–Trinajstić information content (AvgIpc) is 2.80. The third-order valence-corrected chi connectivity index (χ3v) is 2.41. The molecule has 0 amide bonds. The normalized spacial score (nSPS) is 13.6. The molecule has 0 saturated heterocycles. The smallest absolute Gasteiger partial charge is 0.416 e. The Morgan fingerprint density at radius 2 is 1.65 bits per heavy atom. The van der Waals surface area contributed by atoms with E-state index in [9.17, 15) is 18.3 Å². The number of hydrogen-bond donors (Lipinski definition) is 1. The predicted octanol–water partition coefficient (Wildman–Crippen LogP) is 3.38. The quantitative estimate of drug-likeness (QED) is 0.875. The van der Waals surface area contributed by atoms with Gasteiger partial charge in [-0.05, 0) is 23.8 Å². The lowest BCUT2D eigenvalue weighted by atomic mass is 10.0. The van der Waals surface area contributed by atoms with Crippen LogP contribution >= 0.6 is 0 Å². The average molecular weight is 242 g/mol. The lowest BCUT2D eigenvalue weighted by Crippen LogP contribution is -2.05. The summed E-state index contributed by atoms with van der Waals surface area (Å²) in [6.45, 7) is 0. The fraction of sp³-hybridized carbons (Fsp3) is 0.167. The van der Waals surface area contributed by atoms with E-state index in [0.717, 1.165) is 12.1 Å². The first-order valence-electron chi connectivity index (χ1n) is 4.86. The van der Waals surface area contributed by atoms with Crippen molar-refractivity contribution in [3.8, 4) is 0 Å². The summed E-state index contributed by atoms with van der Waals surface area (Å²) < 4.78 is 41.7. The first kappa shape index (κ1) is 11.7. The standard InChI is InChI=1S/C12H9F3O2/c13-12(14,15)10-3-1-8(2-4-10)11(16)9-5-6-17-7-9/h1-7,11,16H. The van der Waals surface area contributed by atoms with E-state index in [-0.39, 0.29) is 0 Å². The van der Waals surface area contributed by atoms with E-state index in [1.165, 1.54) is 24.7 Å². The van der Waals surface area contributed by atoms with Crippen LogP contribution in [0.3, 0.4) is 0 Å². The van der Waals surface area contributed by atoms with Crippen LogP contribution in [0.25, 0.3) is 0 Å². The highest BCUT2D eigenvalue weighted by molar-refractivity contribution is 5.31.